The van der Waals surface area contributed by atoms with E-state index in [9.17, 15) is 23.1 Å². The molecule has 3 atom stereocenters. The fourth-order valence-corrected chi connectivity index (χ4v) is 3.93. The summed E-state index contributed by atoms with van der Waals surface area (Å²) in [5, 5.41) is 17.8. The van der Waals surface area contributed by atoms with E-state index in [1.54, 1.807) is 29.2 Å². The van der Waals surface area contributed by atoms with Crippen LogP contribution in [0, 0.1) is 6.92 Å². The number of aliphatic hydroxyl groups is 1. The summed E-state index contributed by atoms with van der Waals surface area (Å²) in [6.45, 7) is 3.48. The second-order valence-electron chi connectivity index (χ2n) is 7.85. The number of benzene rings is 1. The Balaban J connectivity index is 1.60. The Morgan fingerprint density at radius 3 is 2.59 bits per heavy atom. The van der Waals surface area contributed by atoms with Gasteiger partial charge in [0.1, 0.15) is 11.5 Å². The van der Waals surface area contributed by atoms with Gasteiger partial charge in [-0.25, -0.2) is 4.98 Å². The quantitative estimate of drug-likeness (QED) is 0.654. The Morgan fingerprint density at radius 1 is 1.22 bits per heavy atom. The number of aromatic nitrogens is 4. The molecule has 170 valence electrons. The number of nitrogens with zero attached hydrogens (tertiary/aromatic N) is 5. The van der Waals surface area contributed by atoms with E-state index < -0.39 is 23.9 Å². The molecule has 1 amide bonds. The van der Waals surface area contributed by atoms with Crippen LogP contribution in [0.4, 0.5) is 13.2 Å². The molecule has 0 bridgehead atoms. The number of amides is 1. The van der Waals surface area contributed by atoms with Gasteiger partial charge in [-0.3, -0.25) is 4.79 Å². The van der Waals surface area contributed by atoms with Crippen LogP contribution in [0.2, 0.25) is 0 Å². The van der Waals surface area contributed by atoms with Crippen molar-refractivity contribution in [2.24, 2.45) is 0 Å². The zero-order valence-electron chi connectivity index (χ0n) is 17.5. The summed E-state index contributed by atoms with van der Waals surface area (Å²) in [7, 11) is 0. The van der Waals surface area contributed by atoms with Crippen LogP contribution in [0.5, 0.6) is 0 Å². The lowest BCUT2D eigenvalue weighted by Gasteiger charge is -2.37. The van der Waals surface area contributed by atoms with E-state index >= 15 is 0 Å². The Morgan fingerprint density at radius 2 is 1.91 bits per heavy atom. The van der Waals surface area contributed by atoms with Gasteiger partial charge in [0.05, 0.1) is 29.6 Å². The van der Waals surface area contributed by atoms with E-state index in [1.165, 1.54) is 24.1 Å². The van der Waals surface area contributed by atoms with E-state index in [4.69, 9.17) is 4.42 Å². The first kappa shape index (κ1) is 22.0. The number of hydrogen-bond donors (Lipinski definition) is 1. The number of halogens is 3. The third kappa shape index (κ3) is 4.12. The number of hydrogen-bond acceptors (Lipinski definition) is 6. The van der Waals surface area contributed by atoms with E-state index in [0.29, 0.717) is 24.1 Å². The predicted octanol–water partition coefficient (Wildman–Crippen LogP) is 3.57. The Hall–Kier alpha value is -3.21. The van der Waals surface area contributed by atoms with Crippen LogP contribution < -0.4 is 0 Å². The summed E-state index contributed by atoms with van der Waals surface area (Å²) >= 11 is 0. The third-order valence-corrected chi connectivity index (χ3v) is 5.68. The van der Waals surface area contributed by atoms with E-state index in [1.807, 2.05) is 6.92 Å². The van der Waals surface area contributed by atoms with Gasteiger partial charge >= 0.3 is 6.18 Å². The van der Waals surface area contributed by atoms with Gasteiger partial charge in [-0.2, -0.15) is 28.2 Å². The highest BCUT2D eigenvalue weighted by Crippen LogP contribution is 2.37. The van der Waals surface area contributed by atoms with Gasteiger partial charge in [-0.05, 0) is 38.8 Å². The first-order valence-corrected chi connectivity index (χ1v) is 10.2. The fraction of sp³-hybridized carbons (Fsp3) is 0.429. The summed E-state index contributed by atoms with van der Waals surface area (Å²) in [5.41, 5.74) is 0.395. The van der Waals surface area contributed by atoms with Crippen molar-refractivity contribution in [1.29, 1.82) is 0 Å². The number of para-hydroxylation sites is 1. The standard InChI is InChI=1S/C21H22F3N5O3/c1-12-7-8-14(19-27-17(13(2)32-19)18(30)21(22,23)24)11-28(12)20(31)15-5-3-4-6-16(15)29-25-9-10-26-29/h3-6,9-10,12,14,18,30H,7-8,11H2,1-2H3. The highest BCUT2D eigenvalue weighted by molar-refractivity contribution is 5.98. The lowest BCUT2D eigenvalue weighted by atomic mass is 9.92. The maximum absolute atomic E-state index is 13.4. The van der Waals surface area contributed by atoms with Crippen molar-refractivity contribution in [3.8, 4) is 5.69 Å². The highest BCUT2D eigenvalue weighted by atomic mass is 19.4. The minimum Gasteiger partial charge on any atom is -0.445 e. The molecule has 1 aliphatic rings. The summed E-state index contributed by atoms with van der Waals surface area (Å²) in [6.07, 6.45) is -3.32. The molecule has 4 rings (SSSR count). The lowest BCUT2D eigenvalue weighted by molar-refractivity contribution is -0.208. The molecular weight excluding hydrogens is 427 g/mol. The van der Waals surface area contributed by atoms with Crippen molar-refractivity contribution in [3.05, 3.63) is 59.6 Å². The molecular formula is C21H22F3N5O3. The van der Waals surface area contributed by atoms with Crippen LogP contribution >= 0.6 is 0 Å². The molecule has 1 aliphatic heterocycles. The summed E-state index contributed by atoms with van der Waals surface area (Å²) in [4.78, 5) is 20.4. The molecule has 1 fully saturated rings. The number of alkyl halides is 3. The SMILES string of the molecule is Cc1oc(C2CCC(C)N(C(=O)c3ccccc3-n3nccn3)C2)nc1C(O)C(F)(F)F. The second-order valence-corrected chi connectivity index (χ2v) is 7.85. The van der Waals surface area contributed by atoms with Crippen molar-refractivity contribution in [2.45, 2.75) is 50.9 Å². The van der Waals surface area contributed by atoms with Crippen molar-refractivity contribution >= 4 is 5.91 Å². The molecule has 0 spiro atoms. The Kier molecular flexibility index (Phi) is 5.76. The van der Waals surface area contributed by atoms with E-state index in [-0.39, 0.29) is 30.1 Å². The first-order valence-electron chi connectivity index (χ1n) is 10.2. The molecule has 0 aliphatic carbocycles. The smallest absolute Gasteiger partial charge is 0.420 e. The van der Waals surface area contributed by atoms with Crippen LogP contribution in [-0.4, -0.2) is 54.7 Å². The second kappa shape index (κ2) is 8.38. The minimum absolute atomic E-state index is 0.0866. The molecule has 1 saturated heterocycles. The summed E-state index contributed by atoms with van der Waals surface area (Å²) < 4.78 is 44.3. The third-order valence-electron chi connectivity index (χ3n) is 5.68. The number of aryl methyl sites for hydroxylation is 1. The van der Waals surface area contributed by atoms with Crippen LogP contribution in [0.15, 0.2) is 41.1 Å². The van der Waals surface area contributed by atoms with Gasteiger partial charge in [-0.1, -0.05) is 12.1 Å². The maximum Gasteiger partial charge on any atom is 0.420 e. The molecule has 8 nitrogen and oxygen atoms in total. The number of rotatable bonds is 4. The van der Waals surface area contributed by atoms with Crippen molar-refractivity contribution in [2.75, 3.05) is 6.54 Å². The number of aliphatic hydroxyl groups excluding tert-OH is 1. The molecule has 0 saturated carbocycles. The molecule has 3 heterocycles. The molecule has 3 unspecified atom stereocenters. The van der Waals surface area contributed by atoms with Crippen LogP contribution in [0.1, 0.15) is 59.5 Å². The van der Waals surface area contributed by atoms with Crippen LogP contribution in [-0.2, 0) is 0 Å². The number of likely N-dealkylation sites (tertiary alicyclic amines) is 1. The van der Waals surface area contributed by atoms with Gasteiger partial charge < -0.3 is 14.4 Å². The van der Waals surface area contributed by atoms with Crippen LogP contribution in [0.3, 0.4) is 0 Å². The van der Waals surface area contributed by atoms with E-state index in [0.717, 1.165) is 0 Å². The molecule has 1 N–H and O–H groups in total. The Bertz CT molecular complexity index is 1100. The zero-order valence-corrected chi connectivity index (χ0v) is 17.5. The normalized spacial score (nSPS) is 20.4. The maximum atomic E-state index is 13.4. The molecule has 2 aromatic heterocycles. The topological polar surface area (TPSA) is 97.3 Å². The Labute approximate surface area is 181 Å². The van der Waals surface area contributed by atoms with Crippen molar-refractivity contribution in [3.63, 3.8) is 0 Å². The van der Waals surface area contributed by atoms with E-state index in [2.05, 4.69) is 15.2 Å². The first-order chi connectivity index (χ1) is 15.2. The highest BCUT2D eigenvalue weighted by Gasteiger charge is 2.43. The summed E-state index contributed by atoms with van der Waals surface area (Å²) in [6, 6.07) is 6.86. The minimum atomic E-state index is -4.84. The molecule has 0 radical (unpaired) electrons. The average molecular weight is 449 g/mol. The van der Waals surface area contributed by atoms with Gasteiger partial charge in [0.15, 0.2) is 12.0 Å². The summed E-state index contributed by atoms with van der Waals surface area (Å²) in [5.74, 6) is -0.629. The van der Waals surface area contributed by atoms with Gasteiger partial charge in [0.25, 0.3) is 5.91 Å². The number of carbonyl (C=O) groups is 1. The van der Waals surface area contributed by atoms with Crippen molar-refractivity contribution in [1.82, 2.24) is 24.9 Å². The van der Waals surface area contributed by atoms with Gasteiger partial charge in [-0.15, -0.1) is 0 Å². The average Bonchev–Trinajstić information content (AvgIpc) is 3.42. The zero-order chi connectivity index (χ0) is 23.0. The van der Waals surface area contributed by atoms with Gasteiger partial charge in [0, 0.05) is 12.6 Å². The molecule has 11 heteroatoms. The number of piperidine rings is 1. The largest absolute Gasteiger partial charge is 0.445 e. The molecule has 3 aromatic rings. The molecule has 1 aromatic carbocycles. The monoisotopic (exact) mass is 449 g/mol. The number of carbonyl (C=O) groups excluding carboxylic acids is 1. The predicted molar refractivity (Wildman–Crippen MR) is 106 cm³/mol. The van der Waals surface area contributed by atoms with Crippen molar-refractivity contribution < 1.29 is 27.5 Å². The number of oxazole rings is 1. The molecule has 32 heavy (non-hydrogen) atoms. The van der Waals surface area contributed by atoms with Gasteiger partial charge in [0.2, 0.25) is 0 Å². The lowest BCUT2D eigenvalue weighted by Crippen LogP contribution is -2.45. The fourth-order valence-electron chi connectivity index (χ4n) is 3.93. The van der Waals surface area contributed by atoms with Crippen LogP contribution in [0.25, 0.3) is 5.69 Å².